The van der Waals surface area contributed by atoms with Crippen LogP contribution in [0.15, 0.2) is 47.4 Å². The van der Waals surface area contributed by atoms with E-state index >= 15 is 0 Å². The summed E-state index contributed by atoms with van der Waals surface area (Å²) >= 11 is 5.96. The molecule has 3 N–H and O–H groups in total. The number of nitro benzene ring substituents is 1. The van der Waals surface area contributed by atoms with Gasteiger partial charge in [0.25, 0.3) is 21.6 Å². The Balaban J connectivity index is 2.73. The number of hydrazine groups is 1. The number of rotatable bonds is 7. The molecule has 0 aliphatic heterocycles. The van der Waals surface area contributed by atoms with Crippen molar-refractivity contribution in [1.29, 1.82) is 0 Å². The Kier molecular flexibility index (Phi) is 6.20. The molecule has 0 aromatic heterocycles. The number of hydrogen-bond donors (Lipinski definition) is 2. The van der Waals surface area contributed by atoms with Crippen LogP contribution in [0.5, 0.6) is 5.75 Å². The highest BCUT2D eigenvalue weighted by Crippen LogP contribution is 2.36. The Morgan fingerprint density at radius 1 is 1.33 bits per heavy atom. The lowest BCUT2D eigenvalue weighted by molar-refractivity contribution is -0.387. The van der Waals surface area contributed by atoms with Gasteiger partial charge in [0, 0.05) is 11.1 Å². The average molecular weight is 415 g/mol. The molecule has 0 aliphatic carbocycles. The van der Waals surface area contributed by atoms with Gasteiger partial charge in [0.15, 0.2) is 4.90 Å². The second-order valence-corrected chi connectivity index (χ2v) is 7.39. The number of nitrogens with two attached hydrogens (primary N) is 1. The van der Waals surface area contributed by atoms with Crippen molar-refractivity contribution in [3.05, 3.63) is 57.6 Å². The van der Waals surface area contributed by atoms with Crippen molar-refractivity contribution in [3.63, 3.8) is 0 Å². The summed E-state index contributed by atoms with van der Waals surface area (Å²) in [4.78, 5) is 21.7. The van der Waals surface area contributed by atoms with Gasteiger partial charge in [-0.1, -0.05) is 23.7 Å². The first-order valence-electron chi connectivity index (χ1n) is 7.31. The van der Waals surface area contributed by atoms with Crippen LogP contribution < -0.4 is 20.3 Å². The highest BCUT2D eigenvalue weighted by Gasteiger charge is 2.34. The predicted octanol–water partition coefficient (Wildman–Crippen LogP) is 1.44. The number of halogens is 1. The fourth-order valence-corrected chi connectivity index (χ4v) is 4.03. The van der Waals surface area contributed by atoms with E-state index in [-0.39, 0.29) is 16.5 Å². The zero-order chi connectivity index (χ0) is 20.2. The number of nitro groups is 1. The first-order valence-corrected chi connectivity index (χ1v) is 9.13. The van der Waals surface area contributed by atoms with Gasteiger partial charge >= 0.3 is 0 Å². The van der Waals surface area contributed by atoms with Crippen LogP contribution in [0.4, 0.5) is 11.4 Å². The summed E-state index contributed by atoms with van der Waals surface area (Å²) in [5, 5.41) is 11.4. The lowest BCUT2D eigenvalue weighted by Crippen LogP contribution is -2.43. The molecule has 0 saturated heterocycles. The van der Waals surface area contributed by atoms with Gasteiger partial charge in [-0.05, 0) is 24.3 Å². The van der Waals surface area contributed by atoms with Gasteiger partial charge in [-0.15, -0.1) is 0 Å². The third kappa shape index (κ3) is 4.27. The van der Waals surface area contributed by atoms with Crippen molar-refractivity contribution in [2.45, 2.75) is 4.90 Å². The summed E-state index contributed by atoms with van der Waals surface area (Å²) in [7, 11) is -3.25. The molecule has 2 aromatic carbocycles. The summed E-state index contributed by atoms with van der Waals surface area (Å²) < 4.78 is 32.2. The number of carbonyl (C=O) groups is 1. The molecule has 0 saturated carbocycles. The molecule has 0 heterocycles. The number of anilines is 1. The van der Waals surface area contributed by atoms with Crippen LogP contribution in [0.1, 0.15) is 0 Å². The van der Waals surface area contributed by atoms with E-state index < -0.39 is 38.0 Å². The fraction of sp³-hybridized carbons (Fsp3) is 0.133. The van der Waals surface area contributed by atoms with E-state index in [1.165, 1.54) is 37.4 Å². The standard InChI is InChI=1S/C15H15ClN4O6S/c1-26-13-7-6-10(16)8-12(13)19(9-15(21)18-17)27(24,25)14-5-3-2-4-11(14)20(22)23/h2-8H,9,17H2,1H3,(H,18,21). The largest absolute Gasteiger partial charge is 0.495 e. The Morgan fingerprint density at radius 2 is 2.00 bits per heavy atom. The maximum atomic E-state index is 13.2. The van der Waals surface area contributed by atoms with Crippen molar-refractivity contribution in [3.8, 4) is 5.75 Å². The number of benzene rings is 2. The molecular weight excluding hydrogens is 400 g/mol. The van der Waals surface area contributed by atoms with Crippen molar-refractivity contribution >= 4 is 38.9 Å². The van der Waals surface area contributed by atoms with Crippen molar-refractivity contribution in [2.24, 2.45) is 5.84 Å². The monoisotopic (exact) mass is 414 g/mol. The zero-order valence-corrected chi connectivity index (χ0v) is 15.5. The Morgan fingerprint density at radius 3 is 2.59 bits per heavy atom. The number of sulfonamides is 1. The molecule has 0 bridgehead atoms. The van der Waals surface area contributed by atoms with Gasteiger partial charge in [-0.2, -0.15) is 0 Å². The van der Waals surface area contributed by atoms with Crippen LogP contribution >= 0.6 is 11.6 Å². The summed E-state index contributed by atoms with van der Waals surface area (Å²) in [5.41, 5.74) is 1.11. The van der Waals surface area contributed by atoms with Crippen LogP contribution in [0.2, 0.25) is 5.02 Å². The topological polar surface area (TPSA) is 145 Å². The maximum Gasteiger partial charge on any atom is 0.289 e. The van der Waals surface area contributed by atoms with Gasteiger partial charge < -0.3 is 4.74 Å². The van der Waals surface area contributed by atoms with Gasteiger partial charge in [-0.25, -0.2) is 14.3 Å². The molecule has 0 radical (unpaired) electrons. The van der Waals surface area contributed by atoms with Crippen molar-refractivity contribution in [2.75, 3.05) is 18.0 Å². The summed E-state index contributed by atoms with van der Waals surface area (Å²) in [6.45, 7) is -0.748. The minimum absolute atomic E-state index is 0.0771. The second kappa shape index (κ2) is 8.20. The number of para-hydroxylation sites is 1. The third-order valence-corrected chi connectivity index (χ3v) is 5.53. The maximum absolute atomic E-state index is 13.2. The minimum atomic E-state index is -4.55. The Labute approximate surface area is 159 Å². The van der Waals surface area contributed by atoms with Crippen LogP contribution in [0.25, 0.3) is 0 Å². The molecular formula is C15H15ClN4O6S. The third-order valence-electron chi connectivity index (χ3n) is 3.49. The van der Waals surface area contributed by atoms with Crippen LogP contribution in [0.3, 0.4) is 0 Å². The molecule has 0 aliphatic rings. The van der Waals surface area contributed by atoms with E-state index in [2.05, 4.69) is 0 Å². The Hall–Kier alpha value is -2.89. The van der Waals surface area contributed by atoms with Gasteiger partial charge in [0.2, 0.25) is 0 Å². The first kappa shape index (κ1) is 20.4. The SMILES string of the molecule is COc1ccc(Cl)cc1N(CC(=O)NN)S(=O)(=O)c1ccccc1[N+](=O)[O-]. The van der Waals surface area contributed by atoms with E-state index in [1.807, 2.05) is 5.43 Å². The molecule has 2 rings (SSSR count). The van der Waals surface area contributed by atoms with Gasteiger partial charge in [0.1, 0.15) is 12.3 Å². The summed E-state index contributed by atoms with van der Waals surface area (Å²) in [6.07, 6.45) is 0. The molecule has 2 aromatic rings. The second-order valence-electron chi connectivity index (χ2n) is 5.12. The van der Waals surface area contributed by atoms with E-state index in [4.69, 9.17) is 22.2 Å². The van der Waals surface area contributed by atoms with Gasteiger partial charge in [-0.3, -0.25) is 24.6 Å². The average Bonchev–Trinajstić information content (AvgIpc) is 2.65. The Bertz CT molecular complexity index is 982. The summed E-state index contributed by atoms with van der Waals surface area (Å²) in [5.74, 6) is 4.31. The lowest BCUT2D eigenvalue weighted by Gasteiger charge is -2.25. The number of nitrogens with zero attached hydrogens (tertiary/aromatic N) is 2. The van der Waals surface area contributed by atoms with E-state index in [0.717, 1.165) is 12.1 Å². The minimum Gasteiger partial charge on any atom is -0.495 e. The molecule has 0 fully saturated rings. The number of ether oxygens (including phenoxy) is 1. The zero-order valence-electron chi connectivity index (χ0n) is 14.0. The van der Waals surface area contributed by atoms with Crippen LogP contribution in [-0.2, 0) is 14.8 Å². The molecule has 10 nitrogen and oxygen atoms in total. The summed E-state index contributed by atoms with van der Waals surface area (Å²) in [6, 6.07) is 8.89. The van der Waals surface area contributed by atoms with E-state index in [0.29, 0.717) is 4.31 Å². The van der Waals surface area contributed by atoms with Gasteiger partial charge in [0.05, 0.1) is 17.7 Å². The molecule has 12 heteroatoms. The fourth-order valence-electron chi connectivity index (χ4n) is 2.28. The molecule has 0 unspecified atom stereocenters. The van der Waals surface area contributed by atoms with Crippen molar-refractivity contribution < 1.29 is 22.9 Å². The predicted molar refractivity (Wildman–Crippen MR) is 98.0 cm³/mol. The number of methoxy groups -OCH3 is 1. The highest BCUT2D eigenvalue weighted by molar-refractivity contribution is 7.93. The molecule has 0 spiro atoms. The van der Waals surface area contributed by atoms with Crippen LogP contribution in [-0.4, -0.2) is 32.9 Å². The molecule has 144 valence electrons. The molecule has 0 atom stereocenters. The molecule has 1 amide bonds. The molecule has 27 heavy (non-hydrogen) atoms. The number of amides is 1. The van der Waals surface area contributed by atoms with E-state index in [9.17, 15) is 23.3 Å². The number of carbonyl (C=O) groups excluding carboxylic acids is 1. The number of hydrogen-bond acceptors (Lipinski definition) is 7. The first-order chi connectivity index (χ1) is 12.7. The lowest BCUT2D eigenvalue weighted by atomic mass is 10.3. The van der Waals surface area contributed by atoms with Crippen molar-refractivity contribution in [1.82, 2.24) is 5.43 Å². The van der Waals surface area contributed by atoms with Crippen LogP contribution in [0, 0.1) is 10.1 Å². The highest BCUT2D eigenvalue weighted by atomic mass is 35.5. The quantitative estimate of drug-likeness (QED) is 0.301. The number of nitrogens with one attached hydrogen (secondary N) is 1. The normalized spacial score (nSPS) is 10.9. The van der Waals surface area contributed by atoms with E-state index in [1.54, 1.807) is 0 Å². The smallest absolute Gasteiger partial charge is 0.289 e.